The molecular weight excluding hydrogens is 326 g/mol. The molecule has 0 spiro atoms. The summed E-state index contributed by atoms with van der Waals surface area (Å²) in [5.41, 5.74) is 0. The largest absolute Gasteiger partial charge is 0.418 e. The molecular formula is C16H19N5O2S. The molecule has 1 saturated heterocycles. The Labute approximate surface area is 143 Å². The number of rotatable bonds is 5. The van der Waals surface area contributed by atoms with Crippen LogP contribution in [0, 0.1) is 0 Å². The van der Waals surface area contributed by atoms with Gasteiger partial charge in [0.15, 0.2) is 0 Å². The van der Waals surface area contributed by atoms with Gasteiger partial charge in [0, 0.05) is 25.5 Å². The van der Waals surface area contributed by atoms with Gasteiger partial charge in [-0.3, -0.25) is 9.58 Å². The molecule has 0 bridgehead atoms. The van der Waals surface area contributed by atoms with Crippen molar-refractivity contribution in [3.8, 4) is 10.8 Å². The molecule has 1 aliphatic rings. The van der Waals surface area contributed by atoms with Crippen LogP contribution in [-0.2, 0) is 11.3 Å². The van der Waals surface area contributed by atoms with Crippen LogP contribution in [0.25, 0.3) is 10.8 Å². The van der Waals surface area contributed by atoms with E-state index >= 15 is 0 Å². The maximum atomic E-state index is 5.87. The van der Waals surface area contributed by atoms with E-state index in [0.29, 0.717) is 18.4 Å². The van der Waals surface area contributed by atoms with Gasteiger partial charge in [0.25, 0.3) is 5.89 Å². The van der Waals surface area contributed by atoms with Crippen molar-refractivity contribution < 1.29 is 9.15 Å². The summed E-state index contributed by atoms with van der Waals surface area (Å²) in [6.07, 6.45) is 3.85. The molecule has 4 heterocycles. The molecule has 126 valence electrons. The zero-order valence-electron chi connectivity index (χ0n) is 13.4. The van der Waals surface area contributed by atoms with Crippen molar-refractivity contribution in [2.45, 2.75) is 25.6 Å². The second kappa shape index (κ2) is 6.84. The Morgan fingerprint density at radius 2 is 2.33 bits per heavy atom. The summed E-state index contributed by atoms with van der Waals surface area (Å²) in [5.74, 6) is 1.24. The molecule has 3 aromatic heterocycles. The van der Waals surface area contributed by atoms with E-state index in [1.807, 2.05) is 34.5 Å². The van der Waals surface area contributed by atoms with Gasteiger partial charge in [-0.05, 0) is 24.4 Å². The van der Waals surface area contributed by atoms with Gasteiger partial charge in [0.05, 0.1) is 30.2 Å². The highest BCUT2D eigenvalue weighted by Crippen LogP contribution is 2.27. The Hall–Kier alpha value is -2.03. The van der Waals surface area contributed by atoms with E-state index in [0.717, 1.165) is 24.5 Å². The molecule has 0 N–H and O–H groups in total. The average Bonchev–Trinajstić information content (AvgIpc) is 3.35. The number of morpholine rings is 1. The Bertz CT molecular complexity index is 755. The number of nitrogens with zero attached hydrogens (tertiary/aromatic N) is 5. The summed E-state index contributed by atoms with van der Waals surface area (Å²) in [4.78, 5) is 3.32. The minimum atomic E-state index is 0.0650. The highest BCUT2D eigenvalue weighted by Gasteiger charge is 2.28. The molecule has 1 aliphatic heterocycles. The predicted octanol–water partition coefficient (Wildman–Crippen LogP) is 2.46. The first-order valence-electron chi connectivity index (χ1n) is 8.00. The lowest BCUT2D eigenvalue weighted by Crippen LogP contribution is -2.45. The van der Waals surface area contributed by atoms with Crippen LogP contribution < -0.4 is 0 Å². The van der Waals surface area contributed by atoms with Crippen LogP contribution in [-0.4, -0.2) is 50.7 Å². The van der Waals surface area contributed by atoms with Gasteiger partial charge in [0.2, 0.25) is 5.89 Å². The molecule has 0 saturated carbocycles. The Balaban J connectivity index is 1.43. The third kappa shape index (κ3) is 3.26. The fourth-order valence-corrected chi connectivity index (χ4v) is 3.53. The zero-order valence-corrected chi connectivity index (χ0v) is 14.2. The summed E-state index contributed by atoms with van der Waals surface area (Å²) >= 11 is 1.60. The van der Waals surface area contributed by atoms with E-state index in [-0.39, 0.29) is 12.1 Å². The molecule has 7 nitrogen and oxygen atoms in total. The van der Waals surface area contributed by atoms with Gasteiger partial charge in [0.1, 0.15) is 0 Å². The Kier molecular flexibility index (Phi) is 4.42. The molecule has 4 rings (SSSR count). The number of aromatic nitrogens is 4. The Morgan fingerprint density at radius 3 is 3.12 bits per heavy atom. The molecule has 2 atom stereocenters. The van der Waals surface area contributed by atoms with Crippen LogP contribution in [0.1, 0.15) is 18.9 Å². The number of ether oxygens (including phenoxy) is 1. The molecule has 0 aromatic carbocycles. The zero-order chi connectivity index (χ0) is 16.4. The normalized spacial score (nSPS) is 20.3. The van der Waals surface area contributed by atoms with Crippen molar-refractivity contribution in [1.82, 2.24) is 24.9 Å². The number of thiophene rings is 1. The van der Waals surface area contributed by atoms with E-state index in [2.05, 4.69) is 27.1 Å². The second-order valence-corrected chi connectivity index (χ2v) is 6.76. The summed E-state index contributed by atoms with van der Waals surface area (Å²) in [5, 5.41) is 14.7. The number of hydrogen-bond donors (Lipinski definition) is 0. The van der Waals surface area contributed by atoms with Gasteiger partial charge in [-0.1, -0.05) is 6.07 Å². The smallest absolute Gasteiger partial charge is 0.257 e. The van der Waals surface area contributed by atoms with E-state index in [4.69, 9.17) is 9.15 Å². The quantitative estimate of drug-likeness (QED) is 0.707. The highest BCUT2D eigenvalue weighted by atomic mass is 32.1. The minimum absolute atomic E-state index is 0.0650. The lowest BCUT2D eigenvalue weighted by Gasteiger charge is -2.35. The van der Waals surface area contributed by atoms with E-state index in [1.54, 1.807) is 17.5 Å². The SMILES string of the molecule is CC(c1nnc(-c2cccs2)o1)N1CCOC(Cn2cccn2)C1. The van der Waals surface area contributed by atoms with E-state index in [1.165, 1.54) is 0 Å². The van der Waals surface area contributed by atoms with Gasteiger partial charge in [-0.15, -0.1) is 21.5 Å². The first-order valence-corrected chi connectivity index (χ1v) is 8.88. The fourth-order valence-electron chi connectivity index (χ4n) is 2.88. The van der Waals surface area contributed by atoms with Crippen molar-refractivity contribution in [3.63, 3.8) is 0 Å². The number of hydrogen-bond acceptors (Lipinski definition) is 7. The molecule has 3 aromatic rings. The summed E-state index contributed by atoms with van der Waals surface area (Å²) < 4.78 is 13.6. The van der Waals surface area contributed by atoms with Gasteiger partial charge < -0.3 is 9.15 Å². The van der Waals surface area contributed by atoms with Crippen LogP contribution >= 0.6 is 11.3 Å². The third-order valence-electron chi connectivity index (χ3n) is 4.20. The molecule has 8 heteroatoms. The molecule has 0 amide bonds. The van der Waals surface area contributed by atoms with Crippen molar-refractivity contribution in [1.29, 1.82) is 0 Å². The Morgan fingerprint density at radius 1 is 1.38 bits per heavy atom. The van der Waals surface area contributed by atoms with Crippen LogP contribution in [0.4, 0.5) is 0 Å². The first kappa shape index (κ1) is 15.5. The predicted molar refractivity (Wildman–Crippen MR) is 89.6 cm³/mol. The molecule has 1 fully saturated rings. The van der Waals surface area contributed by atoms with Gasteiger partial charge in [-0.25, -0.2) is 0 Å². The summed E-state index contributed by atoms with van der Waals surface area (Å²) in [7, 11) is 0. The third-order valence-corrected chi connectivity index (χ3v) is 5.06. The molecule has 24 heavy (non-hydrogen) atoms. The van der Waals surface area contributed by atoms with E-state index < -0.39 is 0 Å². The molecule has 0 radical (unpaired) electrons. The van der Waals surface area contributed by atoms with Gasteiger partial charge in [-0.2, -0.15) is 5.10 Å². The molecule has 0 aliphatic carbocycles. The average molecular weight is 345 g/mol. The maximum Gasteiger partial charge on any atom is 0.257 e. The van der Waals surface area contributed by atoms with Crippen LogP contribution in [0.3, 0.4) is 0 Å². The second-order valence-electron chi connectivity index (χ2n) is 5.81. The topological polar surface area (TPSA) is 69.2 Å². The highest BCUT2D eigenvalue weighted by molar-refractivity contribution is 7.13. The van der Waals surface area contributed by atoms with Gasteiger partial charge >= 0.3 is 0 Å². The monoisotopic (exact) mass is 345 g/mol. The van der Waals surface area contributed by atoms with Crippen molar-refractivity contribution in [2.24, 2.45) is 0 Å². The summed E-state index contributed by atoms with van der Waals surface area (Å²) in [6, 6.07) is 5.96. The maximum absolute atomic E-state index is 5.87. The standard InChI is InChI=1S/C16H19N5O2S/c1-12(15-18-19-16(23-15)14-4-2-9-24-14)20-7-8-22-13(10-20)11-21-6-3-5-17-21/h2-6,9,12-13H,7-8,10-11H2,1H3. The van der Waals surface area contributed by atoms with Crippen molar-refractivity contribution >= 4 is 11.3 Å². The fraction of sp³-hybridized carbons (Fsp3) is 0.438. The van der Waals surface area contributed by atoms with Crippen LogP contribution in [0.5, 0.6) is 0 Å². The van der Waals surface area contributed by atoms with Crippen LogP contribution in [0.2, 0.25) is 0 Å². The van der Waals surface area contributed by atoms with E-state index in [9.17, 15) is 0 Å². The molecule has 2 unspecified atom stereocenters. The van der Waals surface area contributed by atoms with Crippen molar-refractivity contribution in [2.75, 3.05) is 19.7 Å². The summed E-state index contributed by atoms with van der Waals surface area (Å²) in [6.45, 7) is 5.22. The first-order chi connectivity index (χ1) is 11.8. The van der Waals surface area contributed by atoms with Crippen molar-refractivity contribution in [3.05, 3.63) is 41.9 Å². The van der Waals surface area contributed by atoms with Crippen LogP contribution in [0.15, 0.2) is 40.4 Å². The lowest BCUT2D eigenvalue weighted by atomic mass is 10.2. The lowest BCUT2D eigenvalue weighted by molar-refractivity contribution is -0.0526. The minimum Gasteiger partial charge on any atom is -0.418 e.